The highest BCUT2D eigenvalue weighted by Gasteiger charge is 2.28. The van der Waals surface area contributed by atoms with Crippen LogP contribution in [-0.4, -0.2) is 11.2 Å². The van der Waals surface area contributed by atoms with E-state index in [1.165, 1.54) is 12.8 Å². The average molecular weight is 265 g/mol. The van der Waals surface area contributed by atoms with E-state index in [2.05, 4.69) is 6.92 Å². The van der Waals surface area contributed by atoms with Crippen molar-refractivity contribution in [1.82, 2.24) is 0 Å². The highest BCUT2D eigenvalue weighted by Crippen LogP contribution is 2.30. The number of rotatable bonds is 4. The van der Waals surface area contributed by atoms with E-state index >= 15 is 0 Å². The molecular weight excluding hydrogens is 244 g/mol. The SMILES string of the molecule is CC1CCC(C(=O)[C@H](Cl)Cc2ccccc2)CC1. The van der Waals surface area contributed by atoms with Crippen LogP contribution in [0.4, 0.5) is 0 Å². The smallest absolute Gasteiger partial charge is 0.154 e. The van der Waals surface area contributed by atoms with Gasteiger partial charge in [-0.3, -0.25) is 4.79 Å². The normalized spacial score (nSPS) is 25.7. The quantitative estimate of drug-likeness (QED) is 0.744. The molecule has 1 aromatic carbocycles. The lowest BCUT2D eigenvalue weighted by Crippen LogP contribution is -2.29. The van der Waals surface area contributed by atoms with Crippen LogP contribution >= 0.6 is 11.6 Å². The molecule has 0 radical (unpaired) electrons. The van der Waals surface area contributed by atoms with E-state index < -0.39 is 0 Å². The largest absolute Gasteiger partial charge is 0.298 e. The lowest BCUT2D eigenvalue weighted by Gasteiger charge is -2.26. The van der Waals surface area contributed by atoms with E-state index in [1.54, 1.807) is 0 Å². The van der Waals surface area contributed by atoms with E-state index in [0.717, 1.165) is 24.3 Å². The molecule has 98 valence electrons. The molecule has 0 unspecified atom stereocenters. The van der Waals surface area contributed by atoms with Crippen LogP contribution in [0.1, 0.15) is 38.2 Å². The molecule has 1 atom stereocenters. The summed E-state index contributed by atoms with van der Waals surface area (Å²) in [6, 6.07) is 10.0. The van der Waals surface area contributed by atoms with E-state index in [9.17, 15) is 4.79 Å². The van der Waals surface area contributed by atoms with Crippen molar-refractivity contribution in [2.45, 2.75) is 44.4 Å². The molecule has 0 spiro atoms. The molecule has 1 fully saturated rings. The minimum Gasteiger partial charge on any atom is -0.298 e. The van der Waals surface area contributed by atoms with E-state index in [4.69, 9.17) is 11.6 Å². The highest BCUT2D eigenvalue weighted by atomic mass is 35.5. The number of alkyl halides is 1. The van der Waals surface area contributed by atoms with Gasteiger partial charge in [-0.1, -0.05) is 50.1 Å². The summed E-state index contributed by atoms with van der Waals surface area (Å²) in [4.78, 5) is 12.3. The zero-order valence-corrected chi connectivity index (χ0v) is 11.7. The topological polar surface area (TPSA) is 17.1 Å². The fraction of sp³-hybridized carbons (Fsp3) is 0.562. The van der Waals surface area contributed by atoms with Gasteiger partial charge in [0.2, 0.25) is 0 Å². The van der Waals surface area contributed by atoms with Gasteiger partial charge in [-0.05, 0) is 30.7 Å². The van der Waals surface area contributed by atoms with Crippen molar-refractivity contribution in [1.29, 1.82) is 0 Å². The molecule has 0 aromatic heterocycles. The van der Waals surface area contributed by atoms with Crippen LogP contribution in [0, 0.1) is 11.8 Å². The third-order valence-corrected chi connectivity index (χ3v) is 4.35. The van der Waals surface area contributed by atoms with Crippen molar-refractivity contribution in [2.24, 2.45) is 11.8 Å². The molecule has 0 saturated heterocycles. The Hall–Kier alpha value is -0.820. The van der Waals surface area contributed by atoms with Crippen molar-refractivity contribution in [2.75, 3.05) is 0 Å². The minimum atomic E-state index is -0.356. The van der Waals surface area contributed by atoms with Crippen molar-refractivity contribution in [3.8, 4) is 0 Å². The lowest BCUT2D eigenvalue weighted by molar-refractivity contribution is -0.123. The molecule has 0 amide bonds. The van der Waals surface area contributed by atoms with Crippen LogP contribution in [0.15, 0.2) is 30.3 Å². The summed E-state index contributed by atoms with van der Waals surface area (Å²) in [5, 5.41) is -0.356. The van der Waals surface area contributed by atoms with Gasteiger partial charge in [0, 0.05) is 5.92 Å². The zero-order valence-electron chi connectivity index (χ0n) is 10.9. The average Bonchev–Trinajstić information content (AvgIpc) is 2.40. The summed E-state index contributed by atoms with van der Waals surface area (Å²) in [7, 11) is 0. The molecule has 18 heavy (non-hydrogen) atoms. The maximum Gasteiger partial charge on any atom is 0.154 e. The van der Waals surface area contributed by atoms with E-state index in [-0.39, 0.29) is 17.1 Å². The van der Waals surface area contributed by atoms with Gasteiger partial charge in [0.05, 0.1) is 5.38 Å². The summed E-state index contributed by atoms with van der Waals surface area (Å²) in [5.74, 6) is 1.23. The number of hydrogen-bond donors (Lipinski definition) is 0. The number of carbonyl (C=O) groups is 1. The molecule has 0 aliphatic heterocycles. The second-order valence-corrected chi connectivity index (χ2v) is 6.04. The van der Waals surface area contributed by atoms with Crippen LogP contribution in [0.3, 0.4) is 0 Å². The standard InChI is InChI=1S/C16H21ClO/c1-12-7-9-14(10-8-12)16(18)15(17)11-13-5-3-2-4-6-13/h2-6,12,14-15H,7-11H2,1H3/t12?,14?,15-/m1/s1. The second kappa shape index (κ2) is 6.38. The van der Waals surface area contributed by atoms with Gasteiger partial charge in [0.15, 0.2) is 5.78 Å². The van der Waals surface area contributed by atoms with Gasteiger partial charge in [-0.25, -0.2) is 0 Å². The summed E-state index contributed by atoms with van der Waals surface area (Å²) in [6.07, 6.45) is 5.06. The van der Waals surface area contributed by atoms with Gasteiger partial charge in [-0.15, -0.1) is 11.6 Å². The Balaban J connectivity index is 1.89. The predicted molar refractivity (Wildman–Crippen MR) is 75.9 cm³/mol. The fourth-order valence-corrected chi connectivity index (χ4v) is 3.08. The molecule has 1 aromatic rings. The molecule has 0 N–H and O–H groups in total. The Morgan fingerprint density at radius 3 is 2.44 bits per heavy atom. The van der Waals surface area contributed by atoms with E-state index in [1.807, 2.05) is 30.3 Å². The minimum absolute atomic E-state index is 0.201. The summed E-state index contributed by atoms with van der Waals surface area (Å²) in [6.45, 7) is 2.27. The predicted octanol–water partition coefficient (Wildman–Crippen LogP) is 4.23. The van der Waals surface area contributed by atoms with Crippen molar-refractivity contribution in [3.05, 3.63) is 35.9 Å². The number of hydrogen-bond acceptors (Lipinski definition) is 1. The summed E-state index contributed by atoms with van der Waals surface area (Å²) in [5.41, 5.74) is 1.15. The first kappa shape index (κ1) is 13.6. The zero-order chi connectivity index (χ0) is 13.0. The van der Waals surface area contributed by atoms with Crippen LogP contribution in [0.2, 0.25) is 0 Å². The van der Waals surface area contributed by atoms with Gasteiger partial charge in [-0.2, -0.15) is 0 Å². The van der Waals surface area contributed by atoms with Crippen LogP contribution in [-0.2, 0) is 11.2 Å². The maximum atomic E-state index is 12.3. The Morgan fingerprint density at radius 1 is 1.22 bits per heavy atom. The summed E-state index contributed by atoms with van der Waals surface area (Å²) >= 11 is 6.29. The lowest BCUT2D eigenvalue weighted by atomic mass is 9.79. The number of halogens is 1. The van der Waals surface area contributed by atoms with Crippen LogP contribution in [0.25, 0.3) is 0 Å². The molecular formula is C16H21ClO. The summed E-state index contributed by atoms with van der Waals surface area (Å²) < 4.78 is 0. The second-order valence-electron chi connectivity index (χ2n) is 5.52. The Bertz CT molecular complexity index is 379. The molecule has 2 heteroatoms. The molecule has 0 heterocycles. The molecule has 1 aliphatic carbocycles. The van der Waals surface area contributed by atoms with Gasteiger partial charge in [0.1, 0.15) is 0 Å². The third kappa shape index (κ3) is 3.58. The number of benzene rings is 1. The first-order chi connectivity index (χ1) is 8.66. The van der Waals surface area contributed by atoms with Gasteiger partial charge >= 0.3 is 0 Å². The number of ketones is 1. The maximum absolute atomic E-state index is 12.3. The molecule has 1 saturated carbocycles. The molecule has 1 nitrogen and oxygen atoms in total. The number of Topliss-reactive ketones (excluding diaryl/α,β-unsaturated/α-hetero) is 1. The first-order valence-corrected chi connectivity index (χ1v) is 7.32. The Morgan fingerprint density at radius 2 is 1.83 bits per heavy atom. The molecule has 2 rings (SSSR count). The van der Waals surface area contributed by atoms with E-state index in [0.29, 0.717) is 6.42 Å². The Labute approximate surface area is 115 Å². The molecule has 0 bridgehead atoms. The van der Waals surface area contributed by atoms with Crippen molar-refractivity contribution >= 4 is 17.4 Å². The van der Waals surface area contributed by atoms with Crippen molar-refractivity contribution in [3.63, 3.8) is 0 Å². The van der Waals surface area contributed by atoms with Crippen molar-refractivity contribution < 1.29 is 4.79 Å². The van der Waals surface area contributed by atoms with Crippen LogP contribution < -0.4 is 0 Å². The first-order valence-electron chi connectivity index (χ1n) is 6.88. The van der Waals surface area contributed by atoms with Crippen LogP contribution in [0.5, 0.6) is 0 Å². The van der Waals surface area contributed by atoms with Gasteiger partial charge in [0.25, 0.3) is 0 Å². The fourth-order valence-electron chi connectivity index (χ4n) is 2.72. The molecule has 1 aliphatic rings. The number of carbonyl (C=O) groups excluding carboxylic acids is 1. The highest BCUT2D eigenvalue weighted by molar-refractivity contribution is 6.31. The third-order valence-electron chi connectivity index (χ3n) is 3.98. The van der Waals surface area contributed by atoms with Gasteiger partial charge < -0.3 is 0 Å². The Kier molecular flexibility index (Phi) is 4.82. The monoisotopic (exact) mass is 264 g/mol.